The summed E-state index contributed by atoms with van der Waals surface area (Å²) in [7, 11) is 1.71. The predicted molar refractivity (Wildman–Crippen MR) is 158 cm³/mol. The van der Waals surface area contributed by atoms with Crippen LogP contribution < -0.4 is 20.7 Å². The molecule has 44 heavy (non-hydrogen) atoms. The van der Waals surface area contributed by atoms with E-state index in [1.807, 2.05) is 6.07 Å². The van der Waals surface area contributed by atoms with E-state index in [9.17, 15) is 22.8 Å². The minimum Gasteiger partial charge on any atom is -0.463 e. The lowest BCUT2D eigenvalue weighted by molar-refractivity contribution is -0.137. The van der Waals surface area contributed by atoms with Crippen molar-refractivity contribution in [2.24, 2.45) is 5.92 Å². The average Bonchev–Trinajstić information content (AvgIpc) is 3.37. The molecule has 0 spiro atoms. The maximum absolute atomic E-state index is 16.8. The van der Waals surface area contributed by atoms with Gasteiger partial charge in [-0.15, -0.1) is 11.3 Å². The molecular weight excluding hydrogens is 603 g/mol. The summed E-state index contributed by atoms with van der Waals surface area (Å²) in [6, 6.07) is 4.36. The zero-order chi connectivity index (χ0) is 31.2. The molecule has 2 aromatic heterocycles. The van der Waals surface area contributed by atoms with Gasteiger partial charge < -0.3 is 25.4 Å². The Morgan fingerprint density at radius 1 is 1.20 bits per heavy atom. The summed E-state index contributed by atoms with van der Waals surface area (Å²) >= 11 is 0.716. The number of ether oxygens (including phenoxy) is 2. The summed E-state index contributed by atoms with van der Waals surface area (Å²) in [4.78, 5) is 10.5. The summed E-state index contributed by atoms with van der Waals surface area (Å²) < 4.78 is 87.1. The number of thiophene rings is 1. The maximum Gasteiger partial charge on any atom is 0.417 e. The minimum absolute atomic E-state index is 0.0836. The highest BCUT2D eigenvalue weighted by molar-refractivity contribution is 7.23. The van der Waals surface area contributed by atoms with Gasteiger partial charge in [0.1, 0.15) is 28.2 Å². The van der Waals surface area contributed by atoms with Gasteiger partial charge in [0.25, 0.3) is 0 Å². The molecule has 2 aliphatic rings. The molecule has 1 unspecified atom stereocenters. The Bertz CT molecular complexity index is 1760. The number of piperidine rings is 1. The van der Waals surface area contributed by atoms with Gasteiger partial charge in [-0.3, -0.25) is 0 Å². The number of nitrogen functional groups attached to an aromatic ring is 1. The summed E-state index contributed by atoms with van der Waals surface area (Å²) in [5.41, 5.74) is 2.85. The van der Waals surface area contributed by atoms with Crippen molar-refractivity contribution in [1.29, 1.82) is 5.26 Å². The fourth-order valence-corrected chi connectivity index (χ4v) is 6.91. The summed E-state index contributed by atoms with van der Waals surface area (Å²) in [6.07, 6.45) is -1.91. The van der Waals surface area contributed by atoms with E-state index in [0.717, 1.165) is 50.4 Å². The lowest BCUT2D eigenvalue weighted by Gasteiger charge is -2.33. The van der Waals surface area contributed by atoms with Gasteiger partial charge in [-0.1, -0.05) is 6.07 Å². The van der Waals surface area contributed by atoms with E-state index in [2.05, 4.69) is 15.3 Å². The van der Waals surface area contributed by atoms with Crippen LogP contribution in [0.25, 0.3) is 32.1 Å². The van der Waals surface area contributed by atoms with Crippen LogP contribution in [0.3, 0.4) is 0 Å². The van der Waals surface area contributed by atoms with Crippen LogP contribution in [0.5, 0.6) is 6.01 Å². The number of nitrogens with zero attached hydrogens (tertiary/aromatic N) is 4. The van der Waals surface area contributed by atoms with E-state index < -0.39 is 28.9 Å². The lowest BCUT2D eigenvalue weighted by atomic mass is 9.92. The smallest absolute Gasteiger partial charge is 0.417 e. The van der Waals surface area contributed by atoms with Crippen LogP contribution in [0.15, 0.2) is 18.2 Å². The number of rotatable bonds is 6. The first-order valence-corrected chi connectivity index (χ1v) is 15.1. The first-order valence-electron chi connectivity index (χ1n) is 14.2. The van der Waals surface area contributed by atoms with Crippen LogP contribution >= 0.6 is 11.3 Å². The normalized spacial score (nSPS) is 18.1. The van der Waals surface area contributed by atoms with Crippen molar-refractivity contribution < 1.29 is 31.4 Å². The molecule has 3 N–H and O–H groups in total. The molecule has 2 aliphatic heterocycles. The van der Waals surface area contributed by atoms with Gasteiger partial charge in [0.2, 0.25) is 0 Å². The largest absolute Gasteiger partial charge is 0.463 e. The highest BCUT2D eigenvalue weighted by Gasteiger charge is 2.39. The molecule has 14 heteroatoms. The van der Waals surface area contributed by atoms with E-state index in [1.165, 1.54) is 0 Å². The SMILES string of the molecule is CN(c1nc(OCC2CCOCC2)nc2c(F)c(-c3ccc(F)c4sc(N)c(C#N)c34)c(C(F)(F)F)cc12)C1CCCNC1. The van der Waals surface area contributed by atoms with Crippen molar-refractivity contribution in [1.82, 2.24) is 15.3 Å². The van der Waals surface area contributed by atoms with Gasteiger partial charge in [0.15, 0.2) is 5.82 Å². The zero-order valence-electron chi connectivity index (χ0n) is 23.7. The number of alkyl halides is 3. The van der Waals surface area contributed by atoms with E-state index in [-0.39, 0.29) is 67.5 Å². The monoisotopic (exact) mass is 632 g/mol. The van der Waals surface area contributed by atoms with Crippen LogP contribution in [-0.2, 0) is 10.9 Å². The molecule has 4 heterocycles. The maximum atomic E-state index is 16.8. The number of halogens is 5. The van der Waals surface area contributed by atoms with Crippen LogP contribution in [-0.4, -0.2) is 56.0 Å². The quantitative estimate of drug-likeness (QED) is 0.240. The molecule has 0 saturated carbocycles. The Hall–Kier alpha value is -3.80. The lowest BCUT2D eigenvalue weighted by Crippen LogP contribution is -2.44. The Labute approximate surface area is 253 Å². The molecule has 0 bridgehead atoms. The Morgan fingerprint density at radius 2 is 1.98 bits per heavy atom. The number of hydrogen-bond donors (Lipinski definition) is 2. The fraction of sp³-hybridized carbons (Fsp3) is 0.433. The molecule has 1 atom stereocenters. The van der Waals surface area contributed by atoms with Gasteiger partial charge >= 0.3 is 12.2 Å². The van der Waals surface area contributed by atoms with Crippen molar-refractivity contribution in [3.05, 3.63) is 41.0 Å². The van der Waals surface area contributed by atoms with Crippen molar-refractivity contribution in [2.45, 2.75) is 37.9 Å². The first-order chi connectivity index (χ1) is 21.1. The molecule has 0 radical (unpaired) electrons. The van der Waals surface area contributed by atoms with Crippen LogP contribution in [0.2, 0.25) is 0 Å². The molecule has 8 nitrogen and oxygen atoms in total. The molecule has 2 aromatic carbocycles. The fourth-order valence-electron chi connectivity index (χ4n) is 5.96. The Morgan fingerprint density at radius 3 is 2.66 bits per heavy atom. The predicted octanol–water partition coefficient (Wildman–Crippen LogP) is 6.26. The molecule has 0 amide bonds. The highest BCUT2D eigenvalue weighted by atomic mass is 32.1. The number of nitrogens with two attached hydrogens (primary N) is 1. The standard InChI is InChI=1S/C30H29F5N6O2S/c1-41(16-3-2-8-38-13-16)28-18-11-20(30(33,34)35)23(17-4-5-21(31)26-22(17)19(12-36)27(37)44-26)24(32)25(18)39-29(40-28)43-14-15-6-9-42-10-7-15/h4-5,11,15-16,38H,2-3,6-10,13-14,37H2,1H3. The molecule has 6 rings (SSSR count). The van der Waals surface area contributed by atoms with Gasteiger partial charge in [0, 0.05) is 49.2 Å². The van der Waals surface area contributed by atoms with E-state index in [1.54, 1.807) is 11.9 Å². The average molecular weight is 633 g/mol. The number of nitrogens with one attached hydrogen (secondary N) is 1. The van der Waals surface area contributed by atoms with Crippen LogP contribution in [0, 0.1) is 28.9 Å². The Balaban J connectivity index is 1.60. The van der Waals surface area contributed by atoms with E-state index >= 15 is 4.39 Å². The molecule has 4 aromatic rings. The second kappa shape index (κ2) is 11.9. The van der Waals surface area contributed by atoms with Gasteiger partial charge in [-0.2, -0.15) is 28.4 Å². The third-order valence-corrected chi connectivity index (χ3v) is 9.36. The summed E-state index contributed by atoms with van der Waals surface area (Å²) in [6.45, 7) is 2.77. The second-order valence-electron chi connectivity index (χ2n) is 11.1. The van der Waals surface area contributed by atoms with Crippen LogP contribution in [0.1, 0.15) is 36.8 Å². The van der Waals surface area contributed by atoms with Crippen molar-refractivity contribution in [3.8, 4) is 23.2 Å². The van der Waals surface area contributed by atoms with Gasteiger partial charge in [0.05, 0.1) is 22.4 Å². The summed E-state index contributed by atoms with van der Waals surface area (Å²) in [5, 5.41) is 12.6. The molecular formula is C30H29F5N6O2S. The summed E-state index contributed by atoms with van der Waals surface area (Å²) in [5.74, 6) is -1.82. The number of anilines is 2. The number of likely N-dealkylation sites (N-methyl/N-ethyl adjacent to an activating group) is 1. The molecule has 0 aliphatic carbocycles. The second-order valence-corrected chi connectivity index (χ2v) is 12.1. The van der Waals surface area contributed by atoms with Crippen molar-refractivity contribution in [2.75, 3.05) is 50.6 Å². The molecule has 2 saturated heterocycles. The zero-order valence-corrected chi connectivity index (χ0v) is 24.5. The number of aromatic nitrogens is 2. The van der Waals surface area contributed by atoms with E-state index in [4.69, 9.17) is 15.2 Å². The number of benzene rings is 2. The number of hydrogen-bond acceptors (Lipinski definition) is 9. The van der Waals surface area contributed by atoms with Crippen molar-refractivity contribution >= 4 is 43.1 Å². The number of fused-ring (bicyclic) bond motifs is 2. The topological polar surface area (TPSA) is 109 Å². The van der Waals surface area contributed by atoms with Crippen molar-refractivity contribution in [3.63, 3.8) is 0 Å². The van der Waals surface area contributed by atoms with Gasteiger partial charge in [-0.05, 0) is 55.8 Å². The minimum atomic E-state index is -5.03. The van der Waals surface area contributed by atoms with Crippen LogP contribution in [0.4, 0.5) is 32.8 Å². The first kappa shape index (κ1) is 30.2. The Kier molecular flexibility index (Phi) is 8.21. The van der Waals surface area contributed by atoms with E-state index in [0.29, 0.717) is 31.1 Å². The van der Waals surface area contributed by atoms with Gasteiger partial charge in [-0.25, -0.2) is 8.78 Å². The third kappa shape index (κ3) is 5.48. The molecule has 2 fully saturated rings. The third-order valence-electron chi connectivity index (χ3n) is 8.34. The molecule has 232 valence electrons. The number of nitriles is 1. The highest BCUT2D eigenvalue weighted by Crippen LogP contribution is 2.48.